The van der Waals surface area contributed by atoms with Crippen LogP contribution >= 0.6 is 0 Å². The van der Waals surface area contributed by atoms with Gasteiger partial charge in [0.25, 0.3) is 0 Å². The zero-order chi connectivity index (χ0) is 20.5. The Hall–Kier alpha value is -3.42. The second kappa shape index (κ2) is 10.2. The van der Waals surface area contributed by atoms with Crippen LogP contribution < -0.4 is 20.1 Å². The Morgan fingerprint density at radius 2 is 1.55 bits per heavy atom. The molecule has 0 fully saturated rings. The molecule has 7 nitrogen and oxygen atoms in total. The van der Waals surface area contributed by atoms with Crippen LogP contribution in [0.2, 0.25) is 0 Å². The predicted octanol–water partition coefficient (Wildman–Crippen LogP) is 3.34. The fourth-order valence-electron chi connectivity index (χ4n) is 2.80. The summed E-state index contributed by atoms with van der Waals surface area (Å²) in [5.41, 5.74) is 2.16. The molecule has 0 saturated carbocycles. The summed E-state index contributed by atoms with van der Waals surface area (Å²) >= 11 is 0. The number of halogens is 1. The smallest absolute Gasteiger partial charge is 0.244 e. The third-order valence-electron chi connectivity index (χ3n) is 4.34. The van der Waals surface area contributed by atoms with E-state index in [1.807, 2.05) is 18.2 Å². The number of nitrogens with one attached hydrogen (secondary N) is 2. The van der Waals surface area contributed by atoms with Crippen LogP contribution in [-0.4, -0.2) is 42.5 Å². The Kier molecular flexibility index (Phi) is 7.16. The van der Waals surface area contributed by atoms with Crippen LogP contribution in [0.25, 0.3) is 0 Å². The van der Waals surface area contributed by atoms with Crippen molar-refractivity contribution in [2.24, 2.45) is 0 Å². The molecule has 0 aliphatic rings. The largest absolute Gasteiger partial charge is 0.493 e. The van der Waals surface area contributed by atoms with E-state index >= 15 is 0 Å². The summed E-state index contributed by atoms with van der Waals surface area (Å²) in [6, 6.07) is 12.3. The van der Waals surface area contributed by atoms with Crippen LogP contribution in [0.3, 0.4) is 0 Å². The number of aromatic nitrogens is 3. The van der Waals surface area contributed by atoms with E-state index in [1.165, 1.54) is 12.1 Å². The summed E-state index contributed by atoms with van der Waals surface area (Å²) in [6.07, 6.45) is 3.11. The number of rotatable bonds is 10. The maximum Gasteiger partial charge on any atom is 0.244 e. The Balaban J connectivity index is 1.47. The highest BCUT2D eigenvalue weighted by Crippen LogP contribution is 2.27. The van der Waals surface area contributed by atoms with E-state index in [4.69, 9.17) is 9.47 Å². The van der Waals surface area contributed by atoms with Crippen molar-refractivity contribution in [3.05, 3.63) is 65.6 Å². The quantitative estimate of drug-likeness (QED) is 0.543. The number of hydrogen-bond acceptors (Lipinski definition) is 7. The highest BCUT2D eigenvalue weighted by atomic mass is 19.1. The molecule has 0 amide bonds. The van der Waals surface area contributed by atoms with Crippen LogP contribution in [0.1, 0.15) is 11.1 Å². The van der Waals surface area contributed by atoms with Gasteiger partial charge in [-0.25, -0.2) is 4.39 Å². The molecular formula is C21H24FN5O2. The van der Waals surface area contributed by atoms with Gasteiger partial charge in [-0.15, -0.1) is 5.10 Å². The van der Waals surface area contributed by atoms with Crippen molar-refractivity contribution >= 4 is 11.8 Å². The molecule has 0 atom stereocenters. The second-order valence-electron chi connectivity index (χ2n) is 6.33. The predicted molar refractivity (Wildman–Crippen MR) is 110 cm³/mol. The third kappa shape index (κ3) is 6.03. The van der Waals surface area contributed by atoms with Crippen molar-refractivity contribution in [1.29, 1.82) is 0 Å². The van der Waals surface area contributed by atoms with E-state index < -0.39 is 0 Å². The molecule has 3 aromatic rings. The summed E-state index contributed by atoms with van der Waals surface area (Å²) in [5, 5.41) is 14.3. The van der Waals surface area contributed by atoms with Gasteiger partial charge in [0.1, 0.15) is 5.82 Å². The van der Waals surface area contributed by atoms with Gasteiger partial charge in [0.05, 0.1) is 20.4 Å². The van der Waals surface area contributed by atoms with Crippen molar-refractivity contribution in [2.75, 3.05) is 37.9 Å². The maximum atomic E-state index is 12.9. The lowest BCUT2D eigenvalue weighted by molar-refractivity contribution is 0.354. The zero-order valence-corrected chi connectivity index (χ0v) is 16.5. The van der Waals surface area contributed by atoms with E-state index in [2.05, 4.69) is 25.8 Å². The minimum absolute atomic E-state index is 0.235. The molecule has 0 aliphatic heterocycles. The first-order chi connectivity index (χ1) is 14.2. The molecule has 0 bridgehead atoms. The van der Waals surface area contributed by atoms with Crippen LogP contribution in [0.5, 0.6) is 11.5 Å². The summed E-state index contributed by atoms with van der Waals surface area (Å²) in [7, 11) is 3.24. The molecule has 1 aromatic heterocycles. The number of benzene rings is 2. The number of methoxy groups -OCH3 is 2. The van der Waals surface area contributed by atoms with E-state index in [0.29, 0.717) is 36.4 Å². The topological polar surface area (TPSA) is 81.2 Å². The molecule has 0 saturated heterocycles. The van der Waals surface area contributed by atoms with Crippen molar-refractivity contribution in [3.63, 3.8) is 0 Å². The molecule has 29 heavy (non-hydrogen) atoms. The van der Waals surface area contributed by atoms with Gasteiger partial charge in [0, 0.05) is 13.1 Å². The molecule has 1 heterocycles. The minimum Gasteiger partial charge on any atom is -0.493 e. The lowest BCUT2D eigenvalue weighted by Gasteiger charge is -2.10. The Bertz CT molecular complexity index is 921. The minimum atomic E-state index is -0.235. The molecule has 8 heteroatoms. The van der Waals surface area contributed by atoms with Gasteiger partial charge >= 0.3 is 0 Å². The summed E-state index contributed by atoms with van der Waals surface area (Å²) in [6.45, 7) is 1.31. The first kappa shape index (κ1) is 20.3. The van der Waals surface area contributed by atoms with E-state index in [0.717, 1.165) is 24.0 Å². The zero-order valence-electron chi connectivity index (χ0n) is 16.5. The average Bonchev–Trinajstić information content (AvgIpc) is 2.75. The molecule has 0 spiro atoms. The molecule has 3 rings (SSSR count). The van der Waals surface area contributed by atoms with Gasteiger partial charge < -0.3 is 20.1 Å². The Morgan fingerprint density at radius 3 is 2.31 bits per heavy atom. The van der Waals surface area contributed by atoms with Crippen molar-refractivity contribution in [2.45, 2.75) is 12.8 Å². The molecule has 0 radical (unpaired) electrons. The van der Waals surface area contributed by atoms with Gasteiger partial charge in [0.15, 0.2) is 17.3 Å². The molecule has 152 valence electrons. The third-order valence-corrected chi connectivity index (χ3v) is 4.34. The summed E-state index contributed by atoms with van der Waals surface area (Å²) in [5.74, 6) is 2.27. The maximum absolute atomic E-state index is 12.9. The SMILES string of the molecule is COc1ccc(CCNc2cnnc(NCCc3ccc(F)cc3)n2)cc1OC. The Labute approximate surface area is 169 Å². The average molecular weight is 397 g/mol. The molecule has 2 aromatic carbocycles. The summed E-state index contributed by atoms with van der Waals surface area (Å²) < 4.78 is 23.5. The van der Waals surface area contributed by atoms with Crippen LogP contribution in [0.15, 0.2) is 48.7 Å². The first-order valence-corrected chi connectivity index (χ1v) is 9.31. The van der Waals surface area contributed by atoms with Crippen molar-refractivity contribution in [3.8, 4) is 11.5 Å². The van der Waals surface area contributed by atoms with Gasteiger partial charge in [-0.05, 0) is 48.2 Å². The van der Waals surface area contributed by atoms with E-state index in [-0.39, 0.29) is 5.82 Å². The van der Waals surface area contributed by atoms with Gasteiger partial charge in [-0.1, -0.05) is 18.2 Å². The highest BCUT2D eigenvalue weighted by Gasteiger charge is 2.05. The molecule has 0 unspecified atom stereocenters. The highest BCUT2D eigenvalue weighted by molar-refractivity contribution is 5.43. The second-order valence-corrected chi connectivity index (χ2v) is 6.33. The molecule has 0 aliphatic carbocycles. The number of hydrogen-bond donors (Lipinski definition) is 2. The normalized spacial score (nSPS) is 10.4. The van der Waals surface area contributed by atoms with Crippen molar-refractivity contribution in [1.82, 2.24) is 15.2 Å². The first-order valence-electron chi connectivity index (χ1n) is 9.31. The van der Waals surface area contributed by atoms with E-state index in [1.54, 1.807) is 32.5 Å². The van der Waals surface area contributed by atoms with Crippen LogP contribution in [0, 0.1) is 5.82 Å². The number of anilines is 2. The molecule has 2 N–H and O–H groups in total. The van der Waals surface area contributed by atoms with Crippen LogP contribution in [0.4, 0.5) is 16.2 Å². The Morgan fingerprint density at radius 1 is 0.862 bits per heavy atom. The standard InChI is InChI=1S/C21H24FN5O2/c1-28-18-8-5-16(13-19(18)29-2)10-11-23-20-14-25-27-21(26-20)24-12-9-15-3-6-17(22)7-4-15/h3-8,13-14H,9-12H2,1-2H3,(H2,23,24,26,27). The number of ether oxygens (including phenoxy) is 2. The van der Waals surface area contributed by atoms with E-state index in [9.17, 15) is 4.39 Å². The van der Waals surface area contributed by atoms with Gasteiger partial charge in [0.2, 0.25) is 5.95 Å². The van der Waals surface area contributed by atoms with Crippen LogP contribution in [-0.2, 0) is 12.8 Å². The van der Waals surface area contributed by atoms with Crippen molar-refractivity contribution < 1.29 is 13.9 Å². The monoisotopic (exact) mass is 397 g/mol. The fraction of sp³-hybridized carbons (Fsp3) is 0.286. The van der Waals surface area contributed by atoms with Gasteiger partial charge in [-0.3, -0.25) is 0 Å². The van der Waals surface area contributed by atoms with Gasteiger partial charge in [-0.2, -0.15) is 10.1 Å². The number of nitrogens with zero attached hydrogens (tertiary/aromatic N) is 3. The lowest BCUT2D eigenvalue weighted by atomic mass is 10.1. The fourth-order valence-corrected chi connectivity index (χ4v) is 2.80. The molecular weight excluding hydrogens is 373 g/mol. The lowest BCUT2D eigenvalue weighted by Crippen LogP contribution is -2.12. The summed E-state index contributed by atoms with van der Waals surface area (Å²) in [4.78, 5) is 4.41.